The van der Waals surface area contributed by atoms with Crippen LogP contribution in [-0.4, -0.2) is 47.6 Å². The van der Waals surface area contributed by atoms with Crippen molar-refractivity contribution in [2.45, 2.75) is 19.4 Å². The molecule has 1 aromatic carbocycles. The number of carboxylic acids is 1. The molecule has 1 amide bonds. The first-order valence-electron chi connectivity index (χ1n) is 6.42. The van der Waals surface area contributed by atoms with Crippen molar-refractivity contribution >= 4 is 17.6 Å². The average Bonchev–Trinajstić information content (AvgIpc) is 2.38. The third-order valence-electron chi connectivity index (χ3n) is 3.74. The van der Waals surface area contributed by atoms with E-state index in [4.69, 9.17) is 5.11 Å². The van der Waals surface area contributed by atoms with Crippen molar-refractivity contribution in [1.29, 1.82) is 0 Å². The number of rotatable bonds is 2. The Morgan fingerprint density at radius 2 is 1.76 bits per heavy atom. The van der Waals surface area contributed by atoms with Crippen LogP contribution < -0.4 is 4.90 Å². The quantitative estimate of drug-likeness (QED) is 0.903. The number of likely N-dealkylation sites (N-methyl/N-ethyl adjacent to an activating group) is 1. The maximum Gasteiger partial charge on any atom is 0.335 e. The van der Waals surface area contributed by atoms with Crippen LogP contribution in [0.2, 0.25) is 0 Å². The zero-order valence-electron chi connectivity index (χ0n) is 12.0. The number of hydrogen-bond acceptors (Lipinski definition) is 3. The van der Waals surface area contributed by atoms with Crippen molar-refractivity contribution in [1.82, 2.24) is 4.90 Å². The highest BCUT2D eigenvalue weighted by molar-refractivity contribution is 5.91. The molecule has 1 aliphatic heterocycles. The van der Waals surface area contributed by atoms with E-state index in [9.17, 15) is 18.4 Å². The molecule has 0 aromatic heterocycles. The topological polar surface area (TPSA) is 60.9 Å². The number of carbonyl (C=O) groups is 2. The minimum absolute atomic E-state index is 0.255. The summed E-state index contributed by atoms with van der Waals surface area (Å²) in [6, 6.07) is 1.53. The molecule has 114 valence electrons. The van der Waals surface area contributed by atoms with Crippen LogP contribution in [0.3, 0.4) is 0 Å². The molecule has 0 saturated carbocycles. The van der Waals surface area contributed by atoms with E-state index in [0.29, 0.717) is 6.54 Å². The monoisotopic (exact) mass is 298 g/mol. The van der Waals surface area contributed by atoms with Crippen LogP contribution in [0.25, 0.3) is 0 Å². The van der Waals surface area contributed by atoms with E-state index < -0.39 is 28.7 Å². The van der Waals surface area contributed by atoms with E-state index in [0.717, 1.165) is 12.1 Å². The van der Waals surface area contributed by atoms with E-state index in [2.05, 4.69) is 0 Å². The van der Waals surface area contributed by atoms with Gasteiger partial charge in [0.2, 0.25) is 5.91 Å². The van der Waals surface area contributed by atoms with Crippen molar-refractivity contribution in [3.05, 3.63) is 29.3 Å². The molecule has 0 spiro atoms. The summed E-state index contributed by atoms with van der Waals surface area (Å²) < 4.78 is 28.3. The molecule has 0 unspecified atom stereocenters. The Morgan fingerprint density at radius 1 is 1.24 bits per heavy atom. The number of piperazine rings is 1. The van der Waals surface area contributed by atoms with Gasteiger partial charge in [0.15, 0.2) is 0 Å². The van der Waals surface area contributed by atoms with Gasteiger partial charge >= 0.3 is 5.97 Å². The number of nitrogens with zero attached hydrogens (tertiary/aromatic N) is 2. The number of carbonyl (C=O) groups excluding carboxylic acids is 1. The fraction of sp³-hybridized carbons (Fsp3) is 0.429. The first kappa shape index (κ1) is 15.2. The lowest BCUT2D eigenvalue weighted by molar-refractivity contribution is -0.136. The Kier molecular flexibility index (Phi) is 3.61. The van der Waals surface area contributed by atoms with Gasteiger partial charge in [0, 0.05) is 20.1 Å². The highest BCUT2D eigenvalue weighted by Crippen LogP contribution is 2.33. The van der Waals surface area contributed by atoms with Crippen LogP contribution in [0, 0.1) is 11.6 Å². The van der Waals surface area contributed by atoms with Gasteiger partial charge in [0.1, 0.15) is 22.9 Å². The van der Waals surface area contributed by atoms with E-state index in [1.54, 1.807) is 20.9 Å². The zero-order chi connectivity index (χ0) is 15.9. The van der Waals surface area contributed by atoms with Crippen molar-refractivity contribution < 1.29 is 23.5 Å². The standard InChI is InChI=1S/C14H16F2N2O3/c1-14(2)13(21)17(3)4-5-18(14)11-9(15)6-8(12(19)20)7-10(11)16/h6-7H,4-5H2,1-3H3,(H,19,20). The lowest BCUT2D eigenvalue weighted by atomic mass is 9.96. The molecule has 1 aliphatic rings. The summed E-state index contributed by atoms with van der Waals surface area (Å²) >= 11 is 0. The predicted molar refractivity (Wildman–Crippen MR) is 72.4 cm³/mol. The van der Waals surface area contributed by atoms with Gasteiger partial charge in [-0.3, -0.25) is 4.79 Å². The van der Waals surface area contributed by atoms with Crippen LogP contribution in [0.15, 0.2) is 12.1 Å². The van der Waals surface area contributed by atoms with Crippen molar-refractivity contribution in [3.63, 3.8) is 0 Å². The molecular formula is C14H16F2N2O3. The number of hydrogen-bond donors (Lipinski definition) is 1. The van der Waals surface area contributed by atoms with Gasteiger partial charge < -0.3 is 14.9 Å². The zero-order valence-corrected chi connectivity index (χ0v) is 12.0. The van der Waals surface area contributed by atoms with Crippen molar-refractivity contribution in [3.8, 4) is 0 Å². The fourth-order valence-electron chi connectivity index (χ4n) is 2.55. The highest BCUT2D eigenvalue weighted by atomic mass is 19.1. The van der Waals surface area contributed by atoms with Crippen LogP contribution in [-0.2, 0) is 4.79 Å². The molecular weight excluding hydrogens is 282 g/mol. The second-order valence-corrected chi connectivity index (χ2v) is 5.53. The number of benzene rings is 1. The molecule has 1 heterocycles. The molecule has 0 aliphatic carbocycles. The molecule has 1 saturated heterocycles. The molecule has 5 nitrogen and oxygen atoms in total. The number of halogens is 2. The number of amides is 1. The van der Waals surface area contributed by atoms with Gasteiger partial charge in [-0.2, -0.15) is 0 Å². The summed E-state index contributed by atoms with van der Waals surface area (Å²) in [5, 5.41) is 8.81. The maximum atomic E-state index is 14.2. The third kappa shape index (κ3) is 2.43. The third-order valence-corrected chi connectivity index (χ3v) is 3.74. The maximum absolute atomic E-state index is 14.2. The first-order chi connectivity index (χ1) is 9.66. The first-order valence-corrected chi connectivity index (χ1v) is 6.42. The van der Waals surface area contributed by atoms with Crippen LogP contribution >= 0.6 is 0 Å². The summed E-state index contributed by atoms with van der Waals surface area (Å²) in [5.41, 5.74) is -1.95. The normalized spacial score (nSPS) is 18.0. The molecule has 0 bridgehead atoms. The predicted octanol–water partition coefficient (Wildman–Crippen LogP) is 1.72. The average molecular weight is 298 g/mol. The second-order valence-electron chi connectivity index (χ2n) is 5.53. The minimum Gasteiger partial charge on any atom is -0.478 e. The van der Waals surface area contributed by atoms with Crippen LogP contribution in [0.4, 0.5) is 14.5 Å². The Bertz CT molecular complexity index is 593. The van der Waals surface area contributed by atoms with Gasteiger partial charge in [0.25, 0.3) is 0 Å². The summed E-state index contributed by atoms with van der Waals surface area (Å²) in [5.74, 6) is -3.64. The lowest BCUT2D eigenvalue weighted by Crippen LogP contribution is -2.62. The minimum atomic E-state index is -1.41. The largest absolute Gasteiger partial charge is 0.478 e. The van der Waals surface area contributed by atoms with E-state index in [-0.39, 0.29) is 18.1 Å². The molecule has 2 rings (SSSR count). The summed E-state index contributed by atoms with van der Waals surface area (Å²) in [6.45, 7) is 3.75. The van der Waals surface area contributed by atoms with Crippen molar-refractivity contribution in [2.75, 3.05) is 25.0 Å². The molecule has 1 N–H and O–H groups in total. The van der Waals surface area contributed by atoms with Gasteiger partial charge in [-0.1, -0.05) is 0 Å². The van der Waals surface area contributed by atoms with Gasteiger partial charge in [-0.25, -0.2) is 13.6 Å². The number of anilines is 1. The Balaban J connectivity index is 2.52. The smallest absolute Gasteiger partial charge is 0.335 e. The molecule has 1 aromatic rings. The summed E-state index contributed by atoms with van der Waals surface area (Å²) in [7, 11) is 1.63. The fourth-order valence-corrected chi connectivity index (χ4v) is 2.55. The SMILES string of the molecule is CN1CCN(c2c(F)cc(C(=O)O)cc2F)C(C)(C)C1=O. The highest BCUT2D eigenvalue weighted by Gasteiger charge is 2.42. The number of carboxylic acid groups (broad SMARTS) is 1. The summed E-state index contributed by atoms with van der Waals surface area (Å²) in [6.07, 6.45) is 0. The molecule has 0 atom stereocenters. The van der Waals surface area contributed by atoms with Gasteiger partial charge in [0.05, 0.1) is 5.56 Å². The Hall–Kier alpha value is -2.18. The van der Waals surface area contributed by atoms with E-state index in [1.807, 2.05) is 0 Å². The van der Waals surface area contributed by atoms with Crippen molar-refractivity contribution in [2.24, 2.45) is 0 Å². The van der Waals surface area contributed by atoms with Gasteiger partial charge in [-0.05, 0) is 26.0 Å². The molecule has 0 radical (unpaired) electrons. The van der Waals surface area contributed by atoms with E-state index in [1.165, 1.54) is 9.80 Å². The van der Waals surface area contributed by atoms with E-state index >= 15 is 0 Å². The van der Waals surface area contributed by atoms with Crippen LogP contribution in [0.5, 0.6) is 0 Å². The summed E-state index contributed by atoms with van der Waals surface area (Å²) in [4.78, 5) is 25.8. The Labute approximate surface area is 120 Å². The van der Waals surface area contributed by atoms with Crippen LogP contribution in [0.1, 0.15) is 24.2 Å². The Morgan fingerprint density at radius 3 is 2.24 bits per heavy atom. The number of aromatic carboxylic acids is 1. The lowest BCUT2D eigenvalue weighted by Gasteiger charge is -2.46. The molecule has 21 heavy (non-hydrogen) atoms. The second kappa shape index (κ2) is 4.98. The molecule has 7 heteroatoms. The molecule has 1 fully saturated rings. The van der Waals surface area contributed by atoms with Gasteiger partial charge in [-0.15, -0.1) is 0 Å².